The minimum Gasteiger partial charge on any atom is -0.322 e. The highest BCUT2D eigenvalue weighted by Gasteiger charge is 2.39. The van der Waals surface area contributed by atoms with Crippen LogP contribution in [0.2, 0.25) is 0 Å². The molecule has 1 unspecified atom stereocenters. The molecule has 0 fully saturated rings. The molecule has 0 saturated heterocycles. The van der Waals surface area contributed by atoms with Crippen LogP contribution in [0.3, 0.4) is 0 Å². The SMILES string of the molecule is Cc1ccc(NC(=O)C2=CC=CC(C(F)(F)F)C2)cc1[N+](=O)[O-]. The second-order valence-corrected chi connectivity index (χ2v) is 5.14. The van der Waals surface area contributed by atoms with Gasteiger partial charge in [-0.15, -0.1) is 0 Å². The molecule has 1 aliphatic carbocycles. The third kappa shape index (κ3) is 3.97. The Morgan fingerprint density at radius 3 is 2.70 bits per heavy atom. The van der Waals surface area contributed by atoms with Crippen LogP contribution in [0, 0.1) is 23.0 Å². The summed E-state index contributed by atoms with van der Waals surface area (Å²) in [4.78, 5) is 22.3. The first kappa shape index (κ1) is 16.7. The average molecular weight is 326 g/mol. The van der Waals surface area contributed by atoms with Crippen LogP contribution >= 0.6 is 0 Å². The number of amides is 1. The number of anilines is 1. The minimum atomic E-state index is -4.42. The number of aryl methyl sites for hydroxylation is 1. The van der Waals surface area contributed by atoms with Crippen LogP contribution in [-0.2, 0) is 4.79 Å². The van der Waals surface area contributed by atoms with Gasteiger partial charge in [-0.25, -0.2) is 0 Å². The Morgan fingerprint density at radius 1 is 1.39 bits per heavy atom. The molecule has 0 bridgehead atoms. The molecule has 1 N–H and O–H groups in total. The molecule has 0 spiro atoms. The lowest BCUT2D eigenvalue weighted by molar-refractivity contribution is -0.385. The summed E-state index contributed by atoms with van der Waals surface area (Å²) in [6.45, 7) is 1.55. The molecule has 1 aromatic carbocycles. The lowest BCUT2D eigenvalue weighted by atomic mass is 9.93. The number of carbonyl (C=O) groups excluding carboxylic acids is 1. The van der Waals surface area contributed by atoms with Crippen LogP contribution in [0.15, 0.2) is 42.0 Å². The summed E-state index contributed by atoms with van der Waals surface area (Å²) in [6, 6.07) is 4.09. The molecule has 2 rings (SSSR count). The Labute approximate surface area is 129 Å². The van der Waals surface area contributed by atoms with E-state index in [1.807, 2.05) is 0 Å². The highest BCUT2D eigenvalue weighted by molar-refractivity contribution is 6.04. The Bertz CT molecular complexity index is 708. The van der Waals surface area contributed by atoms with E-state index in [9.17, 15) is 28.1 Å². The van der Waals surface area contributed by atoms with E-state index in [1.165, 1.54) is 30.4 Å². The predicted octanol–water partition coefficient (Wildman–Crippen LogP) is 3.91. The zero-order valence-corrected chi connectivity index (χ0v) is 12.1. The first-order valence-electron chi connectivity index (χ1n) is 6.69. The first-order chi connectivity index (χ1) is 10.7. The molecule has 0 heterocycles. The summed E-state index contributed by atoms with van der Waals surface area (Å²) in [5.74, 6) is -2.41. The molecule has 0 aliphatic heterocycles. The largest absolute Gasteiger partial charge is 0.395 e. The van der Waals surface area contributed by atoms with Gasteiger partial charge in [-0.3, -0.25) is 14.9 Å². The van der Waals surface area contributed by atoms with E-state index in [0.717, 1.165) is 6.08 Å². The summed E-state index contributed by atoms with van der Waals surface area (Å²) >= 11 is 0. The number of nitro groups is 1. The van der Waals surface area contributed by atoms with E-state index >= 15 is 0 Å². The molecule has 1 aliphatic rings. The van der Waals surface area contributed by atoms with Crippen molar-refractivity contribution < 1.29 is 22.9 Å². The number of hydrogen-bond acceptors (Lipinski definition) is 3. The second kappa shape index (κ2) is 6.23. The monoisotopic (exact) mass is 326 g/mol. The van der Waals surface area contributed by atoms with Gasteiger partial charge in [0.15, 0.2) is 0 Å². The number of halogens is 3. The van der Waals surface area contributed by atoms with Crippen molar-refractivity contribution in [3.8, 4) is 0 Å². The van der Waals surface area contributed by atoms with Crippen molar-refractivity contribution in [3.05, 3.63) is 57.7 Å². The van der Waals surface area contributed by atoms with Gasteiger partial charge in [-0.05, 0) is 19.4 Å². The van der Waals surface area contributed by atoms with Gasteiger partial charge in [0.05, 0.1) is 10.8 Å². The summed E-state index contributed by atoms with van der Waals surface area (Å²) in [5.41, 5.74) is 0.378. The smallest absolute Gasteiger partial charge is 0.322 e. The number of allylic oxidation sites excluding steroid dienone is 3. The number of hydrogen-bond donors (Lipinski definition) is 1. The zero-order valence-electron chi connectivity index (χ0n) is 12.1. The first-order valence-corrected chi connectivity index (χ1v) is 6.69. The zero-order chi connectivity index (χ0) is 17.2. The number of nitrogens with zero attached hydrogens (tertiary/aromatic N) is 1. The highest BCUT2D eigenvalue weighted by atomic mass is 19.4. The quantitative estimate of drug-likeness (QED) is 0.676. The van der Waals surface area contributed by atoms with Crippen LogP contribution in [0.5, 0.6) is 0 Å². The molecular weight excluding hydrogens is 313 g/mol. The normalized spacial score (nSPS) is 17.6. The van der Waals surface area contributed by atoms with Crippen LogP contribution in [0.25, 0.3) is 0 Å². The van der Waals surface area contributed by atoms with Crippen molar-refractivity contribution in [2.24, 2.45) is 5.92 Å². The standard InChI is InChI=1S/C15H13F3N2O3/c1-9-5-6-12(8-13(9)20(22)23)19-14(21)10-3-2-4-11(7-10)15(16,17)18/h2-6,8,11H,7H2,1H3,(H,19,21). The van der Waals surface area contributed by atoms with Gasteiger partial charge in [0, 0.05) is 22.9 Å². The Morgan fingerprint density at radius 2 is 2.09 bits per heavy atom. The molecule has 5 nitrogen and oxygen atoms in total. The van der Waals surface area contributed by atoms with Crippen LogP contribution in [0.1, 0.15) is 12.0 Å². The number of alkyl halides is 3. The van der Waals surface area contributed by atoms with Gasteiger partial charge in [0.2, 0.25) is 0 Å². The predicted molar refractivity (Wildman–Crippen MR) is 77.8 cm³/mol. The maximum Gasteiger partial charge on any atom is 0.395 e. The fourth-order valence-electron chi connectivity index (χ4n) is 2.17. The Kier molecular flexibility index (Phi) is 4.53. The molecule has 1 atom stereocenters. The van der Waals surface area contributed by atoms with Crippen molar-refractivity contribution >= 4 is 17.3 Å². The third-order valence-corrected chi connectivity index (χ3v) is 3.46. The molecule has 1 aromatic rings. The molecule has 23 heavy (non-hydrogen) atoms. The highest BCUT2D eigenvalue weighted by Crippen LogP contribution is 2.34. The summed E-state index contributed by atoms with van der Waals surface area (Å²) in [5, 5.41) is 13.3. The van der Waals surface area contributed by atoms with Crippen molar-refractivity contribution in [1.29, 1.82) is 0 Å². The summed E-state index contributed by atoms with van der Waals surface area (Å²) in [6.07, 6.45) is -1.39. The van der Waals surface area contributed by atoms with E-state index in [0.29, 0.717) is 5.56 Å². The minimum absolute atomic E-state index is 0.0296. The van der Waals surface area contributed by atoms with Crippen molar-refractivity contribution in [2.75, 3.05) is 5.32 Å². The lowest BCUT2D eigenvalue weighted by Crippen LogP contribution is -2.26. The Balaban J connectivity index is 2.14. The van der Waals surface area contributed by atoms with Gasteiger partial charge in [0.1, 0.15) is 0 Å². The molecule has 8 heteroatoms. The molecule has 0 aromatic heterocycles. The summed E-state index contributed by atoms with van der Waals surface area (Å²) in [7, 11) is 0. The lowest BCUT2D eigenvalue weighted by Gasteiger charge is -2.20. The van der Waals surface area contributed by atoms with Crippen LogP contribution < -0.4 is 5.32 Å². The van der Waals surface area contributed by atoms with Crippen LogP contribution in [-0.4, -0.2) is 17.0 Å². The average Bonchev–Trinajstić information content (AvgIpc) is 2.48. The van der Waals surface area contributed by atoms with Gasteiger partial charge in [0.25, 0.3) is 11.6 Å². The van der Waals surface area contributed by atoms with Crippen molar-refractivity contribution in [3.63, 3.8) is 0 Å². The molecule has 0 radical (unpaired) electrons. The van der Waals surface area contributed by atoms with E-state index < -0.39 is 29.3 Å². The van der Waals surface area contributed by atoms with E-state index in [1.54, 1.807) is 6.92 Å². The maximum atomic E-state index is 12.7. The van der Waals surface area contributed by atoms with E-state index in [-0.39, 0.29) is 16.9 Å². The number of rotatable bonds is 3. The second-order valence-electron chi connectivity index (χ2n) is 5.14. The van der Waals surface area contributed by atoms with Gasteiger partial charge in [-0.2, -0.15) is 13.2 Å². The van der Waals surface area contributed by atoms with Crippen LogP contribution in [0.4, 0.5) is 24.5 Å². The topological polar surface area (TPSA) is 72.2 Å². The molecule has 0 saturated carbocycles. The fraction of sp³-hybridized carbons (Fsp3) is 0.267. The third-order valence-electron chi connectivity index (χ3n) is 3.46. The number of carbonyl (C=O) groups is 1. The number of benzene rings is 1. The van der Waals surface area contributed by atoms with Gasteiger partial charge in [-0.1, -0.05) is 24.3 Å². The van der Waals surface area contributed by atoms with Gasteiger partial charge < -0.3 is 5.32 Å². The molecule has 1 amide bonds. The maximum absolute atomic E-state index is 12.7. The fourth-order valence-corrected chi connectivity index (χ4v) is 2.17. The number of nitro benzene ring substituents is 1. The molecular formula is C15H13F3N2O3. The van der Waals surface area contributed by atoms with E-state index in [2.05, 4.69) is 5.32 Å². The molecule has 122 valence electrons. The van der Waals surface area contributed by atoms with Gasteiger partial charge >= 0.3 is 6.18 Å². The number of nitrogens with one attached hydrogen (secondary N) is 1. The van der Waals surface area contributed by atoms with E-state index in [4.69, 9.17) is 0 Å². The van der Waals surface area contributed by atoms with Crippen molar-refractivity contribution in [1.82, 2.24) is 0 Å². The Hall–Kier alpha value is -2.64. The summed E-state index contributed by atoms with van der Waals surface area (Å²) < 4.78 is 38.1. The van der Waals surface area contributed by atoms with Crippen molar-refractivity contribution in [2.45, 2.75) is 19.5 Å².